The Morgan fingerprint density at radius 2 is 1.91 bits per heavy atom. The van der Waals surface area contributed by atoms with Gasteiger partial charge in [-0.1, -0.05) is 29.8 Å². The van der Waals surface area contributed by atoms with Crippen molar-refractivity contribution in [1.82, 2.24) is 9.66 Å². The van der Waals surface area contributed by atoms with E-state index in [9.17, 15) is 9.59 Å². The molecule has 8 nitrogen and oxygen atoms in total. The first kappa shape index (κ1) is 25.9. The highest BCUT2D eigenvalue weighted by atomic mass is 79.9. The molecule has 0 aliphatic heterocycles. The standard InChI is InChI=1S/C24H25Br2N3O5/c1-5-32-20-10-15(9-18(26)22(20)34-13-21(30)33-6-2)12-27-29-23(14(3)4)28-19-8-7-16(25)11-17(19)24(29)31/h7-12,14H,5-6,13H2,1-4H3. The van der Waals surface area contributed by atoms with Crippen LogP contribution in [-0.2, 0) is 9.53 Å². The average molecular weight is 595 g/mol. The average Bonchev–Trinajstić information content (AvgIpc) is 2.78. The van der Waals surface area contributed by atoms with E-state index in [1.54, 1.807) is 37.4 Å². The molecule has 1 heterocycles. The third-order valence-corrected chi connectivity index (χ3v) is 5.73. The lowest BCUT2D eigenvalue weighted by molar-refractivity contribution is -0.145. The largest absolute Gasteiger partial charge is 0.490 e. The molecule has 0 saturated heterocycles. The van der Waals surface area contributed by atoms with Crippen LogP contribution in [0.4, 0.5) is 0 Å². The minimum Gasteiger partial charge on any atom is -0.490 e. The van der Waals surface area contributed by atoms with Crippen LogP contribution in [0, 0.1) is 0 Å². The maximum absolute atomic E-state index is 13.2. The minimum absolute atomic E-state index is 0.0257. The lowest BCUT2D eigenvalue weighted by Gasteiger charge is -2.14. The van der Waals surface area contributed by atoms with Gasteiger partial charge < -0.3 is 14.2 Å². The van der Waals surface area contributed by atoms with Gasteiger partial charge in [-0.25, -0.2) is 9.78 Å². The third kappa shape index (κ3) is 6.04. The van der Waals surface area contributed by atoms with Gasteiger partial charge in [0.05, 0.1) is 34.8 Å². The van der Waals surface area contributed by atoms with Crippen LogP contribution in [0.5, 0.6) is 11.5 Å². The summed E-state index contributed by atoms with van der Waals surface area (Å²) in [5.41, 5.74) is 1.02. The van der Waals surface area contributed by atoms with E-state index in [1.165, 1.54) is 4.68 Å². The van der Waals surface area contributed by atoms with Gasteiger partial charge in [0.1, 0.15) is 5.82 Å². The molecule has 180 valence electrons. The molecule has 2 aromatic carbocycles. The molecule has 0 atom stereocenters. The first-order chi connectivity index (χ1) is 16.2. The minimum atomic E-state index is -0.474. The van der Waals surface area contributed by atoms with Crippen molar-refractivity contribution >= 4 is 54.9 Å². The molecule has 0 spiro atoms. The van der Waals surface area contributed by atoms with Gasteiger partial charge in [-0.05, 0) is 65.7 Å². The Hall–Kier alpha value is -2.72. The van der Waals surface area contributed by atoms with Gasteiger partial charge in [0.25, 0.3) is 5.56 Å². The van der Waals surface area contributed by atoms with E-state index in [1.807, 2.05) is 26.8 Å². The summed E-state index contributed by atoms with van der Waals surface area (Å²) >= 11 is 6.88. The molecule has 0 N–H and O–H groups in total. The Labute approximate surface area is 214 Å². The van der Waals surface area contributed by atoms with E-state index >= 15 is 0 Å². The topological polar surface area (TPSA) is 92.0 Å². The van der Waals surface area contributed by atoms with Gasteiger partial charge in [0.2, 0.25) is 0 Å². The Morgan fingerprint density at radius 3 is 2.59 bits per heavy atom. The van der Waals surface area contributed by atoms with Crippen LogP contribution in [0.1, 0.15) is 45.0 Å². The van der Waals surface area contributed by atoms with E-state index in [0.717, 1.165) is 4.47 Å². The fourth-order valence-electron chi connectivity index (χ4n) is 3.17. The van der Waals surface area contributed by atoms with Crippen molar-refractivity contribution in [2.45, 2.75) is 33.6 Å². The quantitative estimate of drug-likeness (QED) is 0.248. The number of halogens is 2. The summed E-state index contributed by atoms with van der Waals surface area (Å²) in [5.74, 6) is 0.860. The number of carbonyl (C=O) groups excluding carboxylic acids is 1. The number of ether oxygens (including phenoxy) is 3. The Kier molecular flexibility index (Phi) is 8.84. The zero-order chi connectivity index (χ0) is 24.8. The van der Waals surface area contributed by atoms with E-state index < -0.39 is 5.97 Å². The molecule has 10 heteroatoms. The molecule has 0 bridgehead atoms. The van der Waals surface area contributed by atoms with Crippen molar-refractivity contribution in [3.05, 3.63) is 61.0 Å². The van der Waals surface area contributed by atoms with Gasteiger partial charge in [0.15, 0.2) is 18.1 Å². The first-order valence-corrected chi connectivity index (χ1v) is 12.3. The molecule has 0 unspecified atom stereocenters. The number of esters is 1. The predicted octanol–water partition coefficient (Wildman–Crippen LogP) is 5.27. The van der Waals surface area contributed by atoms with Gasteiger partial charge in [-0.15, -0.1) is 0 Å². The Morgan fingerprint density at radius 1 is 1.15 bits per heavy atom. The summed E-state index contributed by atoms with van der Waals surface area (Å²) in [6.07, 6.45) is 1.56. The predicted molar refractivity (Wildman–Crippen MR) is 138 cm³/mol. The summed E-state index contributed by atoms with van der Waals surface area (Å²) < 4.78 is 18.9. The van der Waals surface area contributed by atoms with Crippen LogP contribution in [0.2, 0.25) is 0 Å². The molecule has 1 aromatic heterocycles. The molecule has 3 rings (SSSR count). The van der Waals surface area contributed by atoms with Gasteiger partial charge in [-0.3, -0.25) is 4.79 Å². The maximum atomic E-state index is 13.2. The van der Waals surface area contributed by atoms with Crippen LogP contribution in [-0.4, -0.2) is 41.7 Å². The van der Waals surface area contributed by atoms with Crippen LogP contribution in [0.3, 0.4) is 0 Å². The normalized spacial score (nSPS) is 11.4. The summed E-state index contributed by atoms with van der Waals surface area (Å²) in [7, 11) is 0. The number of fused-ring (bicyclic) bond motifs is 1. The van der Waals surface area contributed by atoms with Crippen LogP contribution >= 0.6 is 31.9 Å². The third-order valence-electron chi connectivity index (χ3n) is 4.64. The lowest BCUT2D eigenvalue weighted by atomic mass is 10.2. The van der Waals surface area contributed by atoms with Gasteiger partial charge in [-0.2, -0.15) is 9.78 Å². The monoisotopic (exact) mass is 593 g/mol. The smallest absolute Gasteiger partial charge is 0.344 e. The van der Waals surface area contributed by atoms with E-state index in [2.05, 4.69) is 41.9 Å². The highest BCUT2D eigenvalue weighted by molar-refractivity contribution is 9.10. The lowest BCUT2D eigenvalue weighted by Crippen LogP contribution is -2.23. The summed E-state index contributed by atoms with van der Waals surface area (Å²) in [5, 5.41) is 4.93. The van der Waals surface area contributed by atoms with E-state index in [-0.39, 0.29) is 24.7 Å². The number of hydrogen-bond donors (Lipinski definition) is 0. The van der Waals surface area contributed by atoms with Crippen LogP contribution < -0.4 is 15.0 Å². The number of benzene rings is 2. The summed E-state index contributed by atoms with van der Waals surface area (Å²) in [6, 6.07) is 8.88. The Bertz CT molecular complexity index is 1290. The van der Waals surface area contributed by atoms with Crippen molar-refractivity contribution < 1.29 is 19.0 Å². The van der Waals surface area contributed by atoms with Crippen molar-refractivity contribution in [1.29, 1.82) is 0 Å². The zero-order valence-electron chi connectivity index (χ0n) is 19.3. The second kappa shape index (κ2) is 11.6. The van der Waals surface area contributed by atoms with Crippen molar-refractivity contribution in [3.63, 3.8) is 0 Å². The van der Waals surface area contributed by atoms with Gasteiger partial charge in [0, 0.05) is 10.4 Å². The fraction of sp³-hybridized carbons (Fsp3) is 0.333. The second-order valence-electron chi connectivity index (χ2n) is 7.50. The van der Waals surface area contributed by atoms with Crippen molar-refractivity contribution in [2.75, 3.05) is 19.8 Å². The highest BCUT2D eigenvalue weighted by Gasteiger charge is 2.16. The maximum Gasteiger partial charge on any atom is 0.344 e. The molecule has 0 amide bonds. The van der Waals surface area contributed by atoms with Crippen molar-refractivity contribution in [2.24, 2.45) is 5.10 Å². The van der Waals surface area contributed by atoms with Crippen LogP contribution in [0.15, 0.2) is 49.2 Å². The summed E-state index contributed by atoms with van der Waals surface area (Å²) in [4.78, 5) is 29.6. The molecule has 0 aliphatic carbocycles. The first-order valence-electron chi connectivity index (χ1n) is 10.8. The number of nitrogens with zero attached hydrogens (tertiary/aromatic N) is 3. The molecular weight excluding hydrogens is 570 g/mol. The second-order valence-corrected chi connectivity index (χ2v) is 9.27. The van der Waals surface area contributed by atoms with E-state index in [0.29, 0.717) is 44.9 Å². The van der Waals surface area contributed by atoms with Crippen LogP contribution in [0.25, 0.3) is 10.9 Å². The number of aromatic nitrogens is 2. The van der Waals surface area contributed by atoms with E-state index in [4.69, 9.17) is 14.2 Å². The molecule has 0 aliphatic rings. The zero-order valence-corrected chi connectivity index (χ0v) is 22.5. The van der Waals surface area contributed by atoms with Crippen molar-refractivity contribution in [3.8, 4) is 11.5 Å². The molecule has 3 aromatic rings. The SMILES string of the molecule is CCOC(=O)COc1c(Br)cc(C=Nn2c(C(C)C)nc3ccc(Br)cc3c2=O)cc1OCC. The van der Waals surface area contributed by atoms with Gasteiger partial charge >= 0.3 is 5.97 Å². The molecule has 0 fully saturated rings. The Balaban J connectivity index is 2.02. The fourth-order valence-corrected chi connectivity index (χ4v) is 4.11. The number of hydrogen-bond acceptors (Lipinski definition) is 7. The molecule has 0 saturated carbocycles. The summed E-state index contributed by atoms with van der Waals surface area (Å²) in [6.45, 7) is 7.91. The molecular formula is C24H25Br2N3O5. The molecule has 0 radical (unpaired) electrons. The number of rotatable bonds is 9. The number of carbonyl (C=O) groups is 1. The molecule has 34 heavy (non-hydrogen) atoms. The highest BCUT2D eigenvalue weighted by Crippen LogP contribution is 2.36.